The first-order valence-corrected chi connectivity index (χ1v) is 8.25. The maximum atomic E-state index is 12.6. The third-order valence-electron chi connectivity index (χ3n) is 3.50. The molecule has 0 aliphatic heterocycles. The summed E-state index contributed by atoms with van der Waals surface area (Å²) in [6.07, 6.45) is 1.32. The number of nitrogens with one attached hydrogen (secondary N) is 1. The van der Waals surface area contributed by atoms with Gasteiger partial charge in [-0.2, -0.15) is 13.9 Å². The van der Waals surface area contributed by atoms with E-state index >= 15 is 0 Å². The number of hydrogen-bond acceptors (Lipinski definition) is 6. The molecular formula is C19H20F2N2O5. The van der Waals surface area contributed by atoms with Gasteiger partial charge in [0.2, 0.25) is 5.75 Å². The second-order valence-electron chi connectivity index (χ2n) is 5.29. The monoisotopic (exact) mass is 394 g/mol. The van der Waals surface area contributed by atoms with Gasteiger partial charge < -0.3 is 18.9 Å². The first-order chi connectivity index (χ1) is 13.5. The van der Waals surface area contributed by atoms with Crippen LogP contribution in [0.2, 0.25) is 0 Å². The van der Waals surface area contributed by atoms with E-state index in [0.29, 0.717) is 23.5 Å². The fraction of sp³-hybridized carbons (Fsp3) is 0.263. The Morgan fingerprint density at radius 1 is 1.14 bits per heavy atom. The predicted molar refractivity (Wildman–Crippen MR) is 98.8 cm³/mol. The van der Waals surface area contributed by atoms with Crippen LogP contribution in [0.25, 0.3) is 0 Å². The molecule has 2 aromatic rings. The summed E-state index contributed by atoms with van der Waals surface area (Å²) in [5.74, 6) is 0.0946. The predicted octanol–water partition coefficient (Wildman–Crippen LogP) is 3.47. The summed E-state index contributed by atoms with van der Waals surface area (Å²) in [5, 5.41) is 3.86. The zero-order valence-electron chi connectivity index (χ0n) is 15.6. The number of alkyl halides is 2. The number of carbonyl (C=O) groups excluding carboxylic acids is 1. The number of nitrogens with zero attached hydrogens (tertiary/aromatic N) is 1. The van der Waals surface area contributed by atoms with Gasteiger partial charge in [-0.1, -0.05) is 0 Å². The Bertz CT molecular complexity index is 801. The van der Waals surface area contributed by atoms with Crippen LogP contribution in [0.4, 0.5) is 8.78 Å². The van der Waals surface area contributed by atoms with E-state index < -0.39 is 12.5 Å². The zero-order valence-corrected chi connectivity index (χ0v) is 15.6. The summed E-state index contributed by atoms with van der Waals surface area (Å²) < 4.78 is 45.0. The van der Waals surface area contributed by atoms with Crippen LogP contribution in [0.5, 0.6) is 23.0 Å². The lowest BCUT2D eigenvalue weighted by atomic mass is 10.2. The SMILES string of the molecule is CCOc1ccc(C(=O)N/N=C\c2cc(OC)c(OC(F)F)c(OC)c2)cc1. The topological polar surface area (TPSA) is 78.4 Å². The molecule has 1 N–H and O–H groups in total. The van der Waals surface area contributed by atoms with Gasteiger partial charge in [-0.3, -0.25) is 4.79 Å². The second kappa shape index (κ2) is 10.1. The Balaban J connectivity index is 2.11. The third-order valence-corrected chi connectivity index (χ3v) is 3.50. The number of benzene rings is 2. The quantitative estimate of drug-likeness (QED) is 0.521. The molecule has 0 radical (unpaired) electrons. The molecule has 9 heteroatoms. The van der Waals surface area contributed by atoms with Crippen LogP contribution in [0.1, 0.15) is 22.8 Å². The molecular weight excluding hydrogens is 374 g/mol. The van der Waals surface area contributed by atoms with Crippen molar-refractivity contribution in [1.29, 1.82) is 0 Å². The lowest BCUT2D eigenvalue weighted by Crippen LogP contribution is -2.17. The molecule has 0 aliphatic carbocycles. The van der Waals surface area contributed by atoms with E-state index in [1.165, 1.54) is 32.6 Å². The molecule has 0 spiro atoms. The molecule has 2 rings (SSSR count). The molecule has 0 aliphatic rings. The van der Waals surface area contributed by atoms with E-state index in [1.807, 2.05) is 6.92 Å². The van der Waals surface area contributed by atoms with Crippen molar-refractivity contribution in [3.8, 4) is 23.0 Å². The van der Waals surface area contributed by atoms with Crippen LogP contribution in [-0.2, 0) is 0 Å². The van der Waals surface area contributed by atoms with E-state index in [1.54, 1.807) is 24.3 Å². The Hall–Kier alpha value is -3.36. The van der Waals surface area contributed by atoms with E-state index in [-0.39, 0.29) is 17.2 Å². The van der Waals surface area contributed by atoms with Gasteiger partial charge in [0.15, 0.2) is 11.5 Å². The highest BCUT2D eigenvalue weighted by molar-refractivity contribution is 5.95. The minimum absolute atomic E-state index is 0.0407. The highest BCUT2D eigenvalue weighted by atomic mass is 19.3. The molecule has 0 saturated carbocycles. The third kappa shape index (κ3) is 5.57. The number of carbonyl (C=O) groups is 1. The number of amides is 1. The average molecular weight is 394 g/mol. The minimum Gasteiger partial charge on any atom is -0.494 e. The van der Waals surface area contributed by atoms with Crippen molar-refractivity contribution in [3.05, 3.63) is 47.5 Å². The Kier molecular flexibility index (Phi) is 7.55. The fourth-order valence-electron chi connectivity index (χ4n) is 2.28. The molecule has 2 aromatic carbocycles. The van der Waals surface area contributed by atoms with Gasteiger partial charge in [0.1, 0.15) is 5.75 Å². The van der Waals surface area contributed by atoms with Crippen molar-refractivity contribution < 1.29 is 32.5 Å². The molecule has 7 nitrogen and oxygen atoms in total. The van der Waals surface area contributed by atoms with Crippen LogP contribution in [0.3, 0.4) is 0 Å². The summed E-state index contributed by atoms with van der Waals surface area (Å²) in [4.78, 5) is 12.1. The molecule has 150 valence electrons. The highest BCUT2D eigenvalue weighted by Crippen LogP contribution is 2.39. The summed E-state index contributed by atoms with van der Waals surface area (Å²) >= 11 is 0. The fourth-order valence-corrected chi connectivity index (χ4v) is 2.28. The molecule has 1 amide bonds. The van der Waals surface area contributed by atoms with Crippen LogP contribution in [-0.4, -0.2) is 39.6 Å². The van der Waals surface area contributed by atoms with Crippen molar-refractivity contribution >= 4 is 12.1 Å². The summed E-state index contributed by atoms with van der Waals surface area (Å²) in [7, 11) is 2.61. The largest absolute Gasteiger partial charge is 0.494 e. The van der Waals surface area contributed by atoms with Gasteiger partial charge >= 0.3 is 6.61 Å². The standard InChI is InChI=1S/C19H20F2N2O5/c1-4-27-14-7-5-13(6-8-14)18(24)23-22-11-12-9-15(25-2)17(28-19(20)21)16(10-12)26-3/h5-11,19H,4H2,1-3H3,(H,23,24)/b22-11-. The summed E-state index contributed by atoms with van der Waals surface area (Å²) in [6, 6.07) is 9.43. The molecule has 0 fully saturated rings. The minimum atomic E-state index is -3.03. The van der Waals surface area contributed by atoms with Crippen molar-refractivity contribution in [2.75, 3.05) is 20.8 Å². The number of hydrogen-bond donors (Lipinski definition) is 1. The molecule has 0 heterocycles. The number of halogens is 2. The summed E-state index contributed by atoms with van der Waals surface area (Å²) in [6.45, 7) is -0.634. The average Bonchev–Trinajstić information content (AvgIpc) is 2.69. The van der Waals surface area contributed by atoms with Gasteiger partial charge in [-0.05, 0) is 43.3 Å². The second-order valence-corrected chi connectivity index (χ2v) is 5.29. The Morgan fingerprint density at radius 2 is 1.75 bits per heavy atom. The Labute approximate surface area is 160 Å². The van der Waals surface area contributed by atoms with Crippen LogP contribution < -0.4 is 24.4 Å². The van der Waals surface area contributed by atoms with Crippen molar-refractivity contribution in [2.24, 2.45) is 5.10 Å². The highest BCUT2D eigenvalue weighted by Gasteiger charge is 2.17. The first-order valence-electron chi connectivity index (χ1n) is 8.25. The number of hydrazone groups is 1. The number of methoxy groups -OCH3 is 2. The number of ether oxygens (including phenoxy) is 4. The molecule has 0 aromatic heterocycles. The van der Waals surface area contributed by atoms with Crippen LogP contribution in [0.15, 0.2) is 41.5 Å². The zero-order chi connectivity index (χ0) is 20.5. The van der Waals surface area contributed by atoms with E-state index in [0.717, 1.165) is 0 Å². The van der Waals surface area contributed by atoms with E-state index in [4.69, 9.17) is 14.2 Å². The molecule has 0 saturated heterocycles. The van der Waals surface area contributed by atoms with Gasteiger partial charge in [0.05, 0.1) is 27.0 Å². The molecule has 0 bridgehead atoms. The maximum absolute atomic E-state index is 12.6. The van der Waals surface area contributed by atoms with Crippen molar-refractivity contribution in [2.45, 2.75) is 13.5 Å². The normalized spacial score (nSPS) is 10.8. The Morgan fingerprint density at radius 3 is 2.25 bits per heavy atom. The van der Waals surface area contributed by atoms with Crippen molar-refractivity contribution in [3.63, 3.8) is 0 Å². The van der Waals surface area contributed by atoms with E-state index in [9.17, 15) is 13.6 Å². The number of rotatable bonds is 9. The smallest absolute Gasteiger partial charge is 0.387 e. The lowest BCUT2D eigenvalue weighted by Gasteiger charge is -2.14. The first kappa shape index (κ1) is 20.9. The maximum Gasteiger partial charge on any atom is 0.387 e. The molecule has 0 atom stereocenters. The molecule has 0 unspecified atom stereocenters. The van der Waals surface area contributed by atoms with E-state index in [2.05, 4.69) is 15.3 Å². The van der Waals surface area contributed by atoms with Gasteiger partial charge in [-0.15, -0.1) is 0 Å². The summed E-state index contributed by atoms with van der Waals surface area (Å²) in [5.41, 5.74) is 3.22. The van der Waals surface area contributed by atoms with Gasteiger partial charge in [0.25, 0.3) is 5.91 Å². The molecule has 28 heavy (non-hydrogen) atoms. The van der Waals surface area contributed by atoms with Gasteiger partial charge in [-0.25, -0.2) is 5.43 Å². The van der Waals surface area contributed by atoms with Gasteiger partial charge in [0, 0.05) is 11.1 Å². The lowest BCUT2D eigenvalue weighted by molar-refractivity contribution is -0.0526. The van der Waals surface area contributed by atoms with Crippen LogP contribution >= 0.6 is 0 Å². The van der Waals surface area contributed by atoms with Crippen molar-refractivity contribution in [1.82, 2.24) is 5.43 Å². The van der Waals surface area contributed by atoms with Crippen LogP contribution in [0, 0.1) is 0 Å².